The zero-order valence-corrected chi connectivity index (χ0v) is 9.29. The minimum absolute atomic E-state index is 0.190. The van der Waals surface area contributed by atoms with Gasteiger partial charge in [0.25, 0.3) is 0 Å². The van der Waals surface area contributed by atoms with Gasteiger partial charge in [0.05, 0.1) is 25.4 Å². The van der Waals surface area contributed by atoms with E-state index in [2.05, 4.69) is 5.32 Å². The van der Waals surface area contributed by atoms with Crippen molar-refractivity contribution in [2.75, 3.05) is 34.0 Å². The predicted octanol–water partition coefficient (Wildman–Crippen LogP) is 0.415. The first-order chi connectivity index (χ1) is 6.83. The maximum atomic E-state index is 5.67. The fraction of sp³-hybridized carbons (Fsp3) is 1.00. The van der Waals surface area contributed by atoms with E-state index in [1.54, 1.807) is 7.11 Å². The first-order valence-electron chi connectivity index (χ1n) is 5.22. The van der Waals surface area contributed by atoms with E-state index in [1.165, 1.54) is 0 Å². The van der Waals surface area contributed by atoms with Crippen LogP contribution in [-0.4, -0.2) is 52.2 Å². The van der Waals surface area contributed by atoms with Gasteiger partial charge in [-0.2, -0.15) is 0 Å². The second kappa shape index (κ2) is 6.35. The second-order valence-corrected chi connectivity index (χ2v) is 3.45. The van der Waals surface area contributed by atoms with Crippen LogP contribution in [0.15, 0.2) is 0 Å². The highest BCUT2D eigenvalue weighted by molar-refractivity contribution is 4.96. The Morgan fingerprint density at radius 3 is 2.64 bits per heavy atom. The fourth-order valence-electron chi connectivity index (χ4n) is 1.73. The summed E-state index contributed by atoms with van der Waals surface area (Å²) < 4.78 is 16.2. The topological polar surface area (TPSA) is 39.7 Å². The van der Waals surface area contributed by atoms with Crippen molar-refractivity contribution in [3.63, 3.8) is 0 Å². The van der Waals surface area contributed by atoms with Gasteiger partial charge in [0, 0.05) is 19.8 Å². The Hall–Kier alpha value is -0.160. The Labute approximate surface area is 85.9 Å². The van der Waals surface area contributed by atoms with Crippen molar-refractivity contribution < 1.29 is 14.2 Å². The molecule has 0 aromatic heterocycles. The molecule has 4 nitrogen and oxygen atoms in total. The minimum atomic E-state index is 0.190. The average molecular weight is 203 g/mol. The van der Waals surface area contributed by atoms with Crippen LogP contribution in [-0.2, 0) is 14.2 Å². The highest BCUT2D eigenvalue weighted by Gasteiger charge is 2.41. The maximum absolute atomic E-state index is 5.67. The summed E-state index contributed by atoms with van der Waals surface area (Å²) in [6.07, 6.45) is 1.49. The molecule has 1 fully saturated rings. The van der Waals surface area contributed by atoms with Crippen LogP contribution in [0.2, 0.25) is 0 Å². The summed E-state index contributed by atoms with van der Waals surface area (Å²) in [5.41, 5.74) is 0. The third kappa shape index (κ3) is 2.92. The van der Waals surface area contributed by atoms with Crippen molar-refractivity contribution in [2.24, 2.45) is 0 Å². The van der Waals surface area contributed by atoms with Crippen molar-refractivity contribution in [2.45, 2.75) is 31.6 Å². The molecule has 4 heteroatoms. The van der Waals surface area contributed by atoms with E-state index in [4.69, 9.17) is 14.2 Å². The minimum Gasteiger partial charge on any atom is -0.382 e. The molecular formula is C10H21NO3. The first kappa shape index (κ1) is 11.9. The van der Waals surface area contributed by atoms with Crippen LogP contribution in [0.5, 0.6) is 0 Å². The molecule has 1 saturated carbocycles. The van der Waals surface area contributed by atoms with Gasteiger partial charge >= 0.3 is 0 Å². The van der Waals surface area contributed by atoms with Gasteiger partial charge in [0.2, 0.25) is 0 Å². The van der Waals surface area contributed by atoms with Crippen LogP contribution < -0.4 is 5.32 Å². The normalized spacial score (nSPS) is 31.5. The van der Waals surface area contributed by atoms with E-state index >= 15 is 0 Å². The number of likely N-dealkylation sites (N-methyl/N-ethyl adjacent to an activating group) is 1. The lowest BCUT2D eigenvalue weighted by molar-refractivity contribution is -0.148. The number of hydrogen-bond acceptors (Lipinski definition) is 4. The molecule has 1 N–H and O–H groups in total. The molecule has 3 unspecified atom stereocenters. The number of nitrogens with one attached hydrogen (secondary N) is 1. The molecule has 0 spiro atoms. The number of rotatable bonds is 7. The van der Waals surface area contributed by atoms with Crippen LogP contribution in [0, 0.1) is 0 Å². The summed E-state index contributed by atoms with van der Waals surface area (Å²) in [6, 6.07) is 0.434. The second-order valence-electron chi connectivity index (χ2n) is 3.45. The molecule has 0 bridgehead atoms. The molecule has 0 amide bonds. The van der Waals surface area contributed by atoms with E-state index in [0.717, 1.165) is 13.0 Å². The predicted molar refractivity (Wildman–Crippen MR) is 54.5 cm³/mol. The van der Waals surface area contributed by atoms with E-state index in [1.807, 2.05) is 14.0 Å². The summed E-state index contributed by atoms with van der Waals surface area (Å²) >= 11 is 0. The lowest BCUT2D eigenvalue weighted by Gasteiger charge is -2.43. The summed E-state index contributed by atoms with van der Waals surface area (Å²) in [6.45, 7) is 4.05. The molecule has 1 rings (SSSR count). The standard InChI is InChI=1S/C10H21NO3/c1-4-13-9-7-8(11-2)10(9)14-6-5-12-3/h8-11H,4-7H2,1-3H3. The van der Waals surface area contributed by atoms with Crippen molar-refractivity contribution in [3.8, 4) is 0 Å². The molecule has 84 valence electrons. The zero-order valence-electron chi connectivity index (χ0n) is 9.29. The first-order valence-corrected chi connectivity index (χ1v) is 5.22. The SMILES string of the molecule is CCOC1CC(NC)C1OCCOC. The maximum Gasteiger partial charge on any atom is 0.0991 e. The number of hydrogen-bond donors (Lipinski definition) is 1. The van der Waals surface area contributed by atoms with Crippen LogP contribution in [0.1, 0.15) is 13.3 Å². The molecule has 3 atom stereocenters. The molecule has 0 aromatic carbocycles. The molecule has 0 saturated heterocycles. The Morgan fingerprint density at radius 1 is 1.29 bits per heavy atom. The third-order valence-corrected chi connectivity index (χ3v) is 2.60. The fourth-order valence-corrected chi connectivity index (χ4v) is 1.73. The quantitative estimate of drug-likeness (QED) is 0.609. The van der Waals surface area contributed by atoms with Crippen LogP contribution in [0.3, 0.4) is 0 Å². The lowest BCUT2D eigenvalue weighted by Crippen LogP contribution is -2.59. The van der Waals surface area contributed by atoms with Gasteiger partial charge in [-0.3, -0.25) is 0 Å². The molecule has 14 heavy (non-hydrogen) atoms. The van der Waals surface area contributed by atoms with Crippen LogP contribution in [0.4, 0.5) is 0 Å². The highest BCUT2D eigenvalue weighted by Crippen LogP contribution is 2.26. The van der Waals surface area contributed by atoms with Crippen LogP contribution in [0.25, 0.3) is 0 Å². The summed E-state index contributed by atoms with van der Waals surface area (Å²) in [7, 11) is 3.64. The average Bonchev–Trinajstić information content (AvgIpc) is 2.18. The monoisotopic (exact) mass is 203 g/mol. The van der Waals surface area contributed by atoms with E-state index in [9.17, 15) is 0 Å². The van der Waals surface area contributed by atoms with Gasteiger partial charge in [-0.1, -0.05) is 0 Å². The Kier molecular flexibility index (Phi) is 5.40. The van der Waals surface area contributed by atoms with Gasteiger partial charge < -0.3 is 19.5 Å². The zero-order chi connectivity index (χ0) is 10.4. The van der Waals surface area contributed by atoms with Crippen LogP contribution >= 0.6 is 0 Å². The molecule has 0 radical (unpaired) electrons. The molecule has 1 aliphatic rings. The lowest BCUT2D eigenvalue weighted by atomic mass is 9.85. The number of methoxy groups -OCH3 is 1. The summed E-state index contributed by atoms with van der Waals surface area (Å²) in [5, 5.41) is 3.22. The summed E-state index contributed by atoms with van der Waals surface area (Å²) in [5.74, 6) is 0. The van der Waals surface area contributed by atoms with Gasteiger partial charge in [0.15, 0.2) is 0 Å². The number of ether oxygens (including phenoxy) is 3. The summed E-state index contributed by atoms with van der Waals surface area (Å²) in [4.78, 5) is 0. The molecular weight excluding hydrogens is 182 g/mol. The van der Waals surface area contributed by atoms with Gasteiger partial charge in [-0.15, -0.1) is 0 Å². The smallest absolute Gasteiger partial charge is 0.0991 e. The van der Waals surface area contributed by atoms with Crippen molar-refractivity contribution in [1.82, 2.24) is 5.32 Å². The van der Waals surface area contributed by atoms with E-state index in [0.29, 0.717) is 19.3 Å². The van der Waals surface area contributed by atoms with Crippen molar-refractivity contribution in [1.29, 1.82) is 0 Å². The van der Waals surface area contributed by atoms with Crippen molar-refractivity contribution >= 4 is 0 Å². The van der Waals surface area contributed by atoms with E-state index in [-0.39, 0.29) is 12.2 Å². The Morgan fingerprint density at radius 2 is 2.07 bits per heavy atom. The largest absolute Gasteiger partial charge is 0.382 e. The molecule has 1 aliphatic carbocycles. The third-order valence-electron chi connectivity index (χ3n) is 2.60. The van der Waals surface area contributed by atoms with E-state index < -0.39 is 0 Å². The van der Waals surface area contributed by atoms with Crippen molar-refractivity contribution in [3.05, 3.63) is 0 Å². The highest BCUT2D eigenvalue weighted by atomic mass is 16.6. The Bertz CT molecular complexity index is 154. The van der Waals surface area contributed by atoms with Gasteiger partial charge in [-0.25, -0.2) is 0 Å². The Balaban J connectivity index is 2.21. The van der Waals surface area contributed by atoms with Gasteiger partial charge in [-0.05, 0) is 20.4 Å². The molecule has 0 aliphatic heterocycles. The van der Waals surface area contributed by atoms with Gasteiger partial charge in [0.1, 0.15) is 0 Å². The molecule has 0 heterocycles. The molecule has 0 aromatic rings.